The summed E-state index contributed by atoms with van der Waals surface area (Å²) in [7, 11) is 1.65. The number of nitrogens with zero attached hydrogens (tertiary/aromatic N) is 3. The summed E-state index contributed by atoms with van der Waals surface area (Å²) in [6, 6.07) is 11.6. The fourth-order valence-corrected chi connectivity index (χ4v) is 4.66. The number of hydrogen-bond donors (Lipinski definition) is 1. The number of aromatic nitrogens is 3. The number of benzene rings is 1. The van der Waals surface area contributed by atoms with Crippen molar-refractivity contribution in [3.63, 3.8) is 0 Å². The third-order valence-electron chi connectivity index (χ3n) is 5.86. The van der Waals surface area contributed by atoms with Crippen LogP contribution in [0.1, 0.15) is 37.8 Å². The first-order valence-corrected chi connectivity index (χ1v) is 12.1. The molecule has 0 radical (unpaired) electrons. The highest BCUT2D eigenvalue weighted by Crippen LogP contribution is 2.30. The van der Waals surface area contributed by atoms with Crippen molar-refractivity contribution in [3.8, 4) is 11.1 Å². The van der Waals surface area contributed by atoms with Crippen molar-refractivity contribution < 1.29 is 4.74 Å². The Morgan fingerprint density at radius 2 is 1.85 bits per heavy atom. The minimum atomic E-state index is -0.0668. The summed E-state index contributed by atoms with van der Waals surface area (Å²) in [5, 5.41) is 1.66. The Morgan fingerprint density at radius 1 is 1.09 bits per heavy atom. The molecule has 0 aliphatic rings. The first kappa shape index (κ1) is 24.0. The molecular formula is C27H31ClN4O2. The van der Waals surface area contributed by atoms with Gasteiger partial charge in [0.2, 0.25) is 0 Å². The zero-order valence-electron chi connectivity index (χ0n) is 20.0. The normalized spacial score (nSPS) is 11.3. The first-order valence-electron chi connectivity index (χ1n) is 11.7. The lowest BCUT2D eigenvalue weighted by Gasteiger charge is -2.23. The lowest BCUT2D eigenvalue weighted by atomic mass is 10.1. The molecule has 0 spiro atoms. The number of anilines is 1. The highest BCUT2D eigenvalue weighted by Gasteiger charge is 2.13. The molecule has 0 amide bonds. The van der Waals surface area contributed by atoms with Crippen molar-refractivity contribution in [2.75, 3.05) is 25.1 Å². The minimum Gasteiger partial charge on any atom is -0.380 e. The molecule has 7 heteroatoms. The fourth-order valence-electron chi connectivity index (χ4n) is 4.38. The van der Waals surface area contributed by atoms with Crippen LogP contribution >= 0.6 is 11.6 Å². The van der Waals surface area contributed by atoms with Crippen molar-refractivity contribution in [1.82, 2.24) is 14.5 Å². The predicted octanol–water partition coefficient (Wildman–Crippen LogP) is 5.87. The van der Waals surface area contributed by atoms with Crippen LogP contribution in [0.4, 0.5) is 5.69 Å². The molecule has 0 bridgehead atoms. The van der Waals surface area contributed by atoms with Crippen LogP contribution in [0.2, 0.25) is 5.02 Å². The van der Waals surface area contributed by atoms with Gasteiger partial charge in [-0.1, -0.05) is 31.5 Å². The van der Waals surface area contributed by atoms with E-state index in [0.717, 1.165) is 64.9 Å². The molecule has 6 nitrogen and oxygen atoms in total. The average molecular weight is 479 g/mol. The molecule has 0 saturated heterocycles. The van der Waals surface area contributed by atoms with Gasteiger partial charge >= 0.3 is 0 Å². The Bertz CT molecular complexity index is 1320. The summed E-state index contributed by atoms with van der Waals surface area (Å²) in [5.74, 6) is 0. The average Bonchev–Trinajstić information content (AvgIpc) is 3.23. The predicted molar refractivity (Wildman–Crippen MR) is 140 cm³/mol. The molecular weight excluding hydrogens is 448 g/mol. The van der Waals surface area contributed by atoms with E-state index >= 15 is 0 Å². The van der Waals surface area contributed by atoms with Gasteiger partial charge in [0.05, 0.1) is 25.0 Å². The second kappa shape index (κ2) is 10.9. The van der Waals surface area contributed by atoms with Crippen LogP contribution in [-0.4, -0.2) is 34.7 Å². The zero-order chi connectivity index (χ0) is 24.1. The van der Waals surface area contributed by atoms with E-state index in [1.807, 2.05) is 42.9 Å². The van der Waals surface area contributed by atoms with E-state index < -0.39 is 0 Å². The summed E-state index contributed by atoms with van der Waals surface area (Å²) in [6.07, 6.45) is 7.85. The number of rotatable bonds is 10. The third-order valence-corrected chi connectivity index (χ3v) is 6.08. The first-order chi connectivity index (χ1) is 16.5. The van der Waals surface area contributed by atoms with Crippen molar-refractivity contribution in [2.45, 2.75) is 39.8 Å². The Morgan fingerprint density at radius 3 is 2.56 bits per heavy atom. The smallest absolute Gasteiger partial charge is 0.251 e. The summed E-state index contributed by atoms with van der Waals surface area (Å²) >= 11 is 6.26. The molecule has 0 saturated carbocycles. The molecule has 0 fully saturated rings. The van der Waals surface area contributed by atoms with Crippen molar-refractivity contribution in [2.24, 2.45) is 0 Å². The largest absolute Gasteiger partial charge is 0.380 e. The molecule has 178 valence electrons. The van der Waals surface area contributed by atoms with E-state index in [2.05, 4.69) is 34.8 Å². The number of halogens is 1. The van der Waals surface area contributed by atoms with Gasteiger partial charge in [0.15, 0.2) is 0 Å². The molecule has 0 unspecified atom stereocenters. The van der Waals surface area contributed by atoms with Crippen molar-refractivity contribution in [1.29, 1.82) is 0 Å². The van der Waals surface area contributed by atoms with E-state index in [-0.39, 0.29) is 5.56 Å². The van der Waals surface area contributed by atoms with Gasteiger partial charge in [-0.3, -0.25) is 4.79 Å². The van der Waals surface area contributed by atoms with Crippen LogP contribution in [-0.2, 0) is 17.9 Å². The van der Waals surface area contributed by atoms with Crippen LogP contribution in [0.5, 0.6) is 0 Å². The number of ether oxygens (including phenoxy) is 1. The Hall–Kier alpha value is -3.09. The van der Waals surface area contributed by atoms with Crippen molar-refractivity contribution >= 4 is 28.3 Å². The maximum atomic E-state index is 13.0. The molecule has 4 rings (SSSR count). The number of hydrogen-bond acceptors (Lipinski definition) is 4. The second-order valence-corrected chi connectivity index (χ2v) is 9.00. The lowest BCUT2D eigenvalue weighted by Crippen LogP contribution is -2.24. The number of aromatic amines is 1. The number of H-pyrrole nitrogens is 1. The van der Waals surface area contributed by atoms with E-state index in [1.54, 1.807) is 17.7 Å². The third kappa shape index (κ3) is 5.34. The van der Waals surface area contributed by atoms with Crippen LogP contribution in [0, 0.1) is 0 Å². The zero-order valence-corrected chi connectivity index (χ0v) is 20.7. The second-order valence-electron chi connectivity index (χ2n) is 8.56. The van der Waals surface area contributed by atoms with Crippen LogP contribution in [0.25, 0.3) is 22.2 Å². The summed E-state index contributed by atoms with van der Waals surface area (Å²) in [4.78, 5) is 23.2. The SMILES string of the molecule is CCCN(CCC)c1cnc2[nH]cc(-c3ccn(Cc4cc(Cl)cc(COC)c4)c(=O)c3)c2c1. The van der Waals surface area contributed by atoms with E-state index in [4.69, 9.17) is 16.3 Å². The number of nitrogens with one attached hydrogen (secondary N) is 1. The Balaban J connectivity index is 1.64. The maximum Gasteiger partial charge on any atom is 0.251 e. The minimum absolute atomic E-state index is 0.0668. The lowest BCUT2D eigenvalue weighted by molar-refractivity contribution is 0.185. The standard InChI is InChI=1S/C27H31ClN4O2/c1-4-7-31(8-5-2)23-14-24-25(16-30-27(24)29-15-23)21-6-9-32(26(33)13-21)17-19-10-20(18-34-3)12-22(28)11-19/h6,9-16H,4-5,7-8,17-18H2,1-3H3,(H,29,30). The van der Waals surface area contributed by atoms with E-state index in [9.17, 15) is 4.79 Å². The van der Waals surface area contributed by atoms with Crippen LogP contribution in [0.15, 0.2) is 59.8 Å². The molecule has 4 aromatic rings. The van der Waals surface area contributed by atoms with Crippen LogP contribution < -0.4 is 10.5 Å². The van der Waals surface area contributed by atoms with Gasteiger partial charge < -0.3 is 19.2 Å². The Kier molecular flexibility index (Phi) is 7.70. The summed E-state index contributed by atoms with van der Waals surface area (Å²) in [6.45, 7) is 7.28. The maximum absolute atomic E-state index is 13.0. The van der Waals surface area contributed by atoms with Crippen molar-refractivity contribution in [3.05, 3.63) is 81.5 Å². The quantitative estimate of drug-likeness (QED) is 0.310. The van der Waals surface area contributed by atoms with Gasteiger partial charge in [-0.15, -0.1) is 0 Å². The molecule has 3 heterocycles. The molecule has 0 atom stereocenters. The van der Waals surface area contributed by atoms with Gasteiger partial charge in [-0.25, -0.2) is 4.98 Å². The fraction of sp³-hybridized carbons (Fsp3) is 0.333. The highest BCUT2D eigenvalue weighted by atomic mass is 35.5. The van der Waals surface area contributed by atoms with E-state index in [1.165, 1.54) is 0 Å². The topological polar surface area (TPSA) is 63.1 Å². The number of pyridine rings is 2. The molecule has 1 N–H and O–H groups in total. The summed E-state index contributed by atoms with van der Waals surface area (Å²) < 4.78 is 6.90. The van der Waals surface area contributed by atoms with Gasteiger partial charge in [-0.2, -0.15) is 0 Å². The molecule has 0 aliphatic heterocycles. The molecule has 34 heavy (non-hydrogen) atoms. The molecule has 1 aromatic carbocycles. The molecule has 3 aromatic heterocycles. The van der Waals surface area contributed by atoms with Crippen LogP contribution in [0.3, 0.4) is 0 Å². The Labute approximate surface area is 205 Å². The summed E-state index contributed by atoms with van der Waals surface area (Å²) in [5.41, 5.74) is 5.66. The van der Waals surface area contributed by atoms with Gasteiger partial charge in [-0.05, 0) is 53.8 Å². The van der Waals surface area contributed by atoms with Gasteiger partial charge in [0.25, 0.3) is 5.56 Å². The highest BCUT2D eigenvalue weighted by molar-refractivity contribution is 6.30. The number of methoxy groups -OCH3 is 1. The van der Waals surface area contributed by atoms with Gasteiger partial charge in [0.1, 0.15) is 5.65 Å². The number of fused-ring (bicyclic) bond motifs is 1. The molecule has 0 aliphatic carbocycles. The van der Waals surface area contributed by atoms with E-state index in [0.29, 0.717) is 18.2 Å². The monoisotopic (exact) mass is 478 g/mol. The van der Waals surface area contributed by atoms with Gasteiger partial charge in [0, 0.05) is 54.6 Å².